The molecule has 0 spiro atoms. The van der Waals surface area contributed by atoms with Gasteiger partial charge in [-0.15, -0.1) is 0 Å². The van der Waals surface area contributed by atoms with Crippen LogP contribution < -0.4 is 4.74 Å². The molecule has 2 aromatic rings. The van der Waals surface area contributed by atoms with Crippen molar-refractivity contribution in [3.63, 3.8) is 0 Å². The van der Waals surface area contributed by atoms with Crippen molar-refractivity contribution in [2.75, 3.05) is 20.3 Å². The van der Waals surface area contributed by atoms with Gasteiger partial charge < -0.3 is 24.8 Å². The molecule has 3 N–H and O–H groups in total. The molecule has 0 bridgehead atoms. The number of ketones is 1. The molecule has 29 heavy (non-hydrogen) atoms. The molecule has 0 aliphatic carbocycles. The molecule has 1 aromatic heterocycles. The fraction of sp³-hybridized carbons (Fsp3) is 0.429. The minimum absolute atomic E-state index is 0.154. The maximum absolute atomic E-state index is 11.8. The van der Waals surface area contributed by atoms with Crippen molar-refractivity contribution in [3.05, 3.63) is 58.2 Å². The van der Waals surface area contributed by atoms with E-state index in [0.717, 1.165) is 23.8 Å². The molecule has 1 fully saturated rings. The number of carbonyl (C=O) groups excluding carboxylic acids is 1. The fourth-order valence-electron chi connectivity index (χ4n) is 3.10. The topological polar surface area (TPSA) is 109 Å². The molecule has 1 aliphatic heterocycles. The number of aromatic nitrogens is 1. The number of rotatable bonds is 6. The highest BCUT2D eigenvalue weighted by Crippen LogP contribution is 2.32. The summed E-state index contributed by atoms with van der Waals surface area (Å²) < 4.78 is 11.0. The fourth-order valence-corrected chi connectivity index (χ4v) is 3.29. The van der Waals surface area contributed by atoms with Crippen molar-refractivity contribution in [1.29, 1.82) is 0 Å². The first-order chi connectivity index (χ1) is 14.0. The van der Waals surface area contributed by atoms with E-state index >= 15 is 0 Å². The van der Waals surface area contributed by atoms with Crippen LogP contribution in [0.25, 0.3) is 0 Å². The molecule has 8 heteroatoms. The number of hydrogen-bond donors (Lipinski definition) is 3. The van der Waals surface area contributed by atoms with Gasteiger partial charge in [0.2, 0.25) is 5.88 Å². The second-order valence-corrected chi connectivity index (χ2v) is 6.82. The van der Waals surface area contributed by atoms with Crippen molar-refractivity contribution in [1.82, 2.24) is 4.98 Å². The van der Waals surface area contributed by atoms with Crippen LogP contribution in [-0.2, 0) is 16.0 Å². The maximum atomic E-state index is 11.8. The van der Waals surface area contributed by atoms with E-state index in [0.29, 0.717) is 23.9 Å². The summed E-state index contributed by atoms with van der Waals surface area (Å²) in [6.07, 6.45) is -0.159. The molecule has 3 atom stereocenters. The van der Waals surface area contributed by atoms with E-state index in [1.165, 1.54) is 0 Å². The van der Waals surface area contributed by atoms with Crippen LogP contribution in [0.15, 0.2) is 36.5 Å². The average molecular weight is 424 g/mol. The molecule has 1 saturated heterocycles. The standard InChI is InChI=1S/C20H22ClNO5.CH4O/c1-2-26-19-6-3-12(10-22-19)7-14-8-13(4-5-15(14)21)17-9-16(24)20(25)18(11-23)27-17;1-2/h3-6,8,10,16-18,23-24H,2,7,9,11H2,1H3;2H,1H3. The van der Waals surface area contributed by atoms with Crippen LogP contribution >= 0.6 is 11.6 Å². The lowest BCUT2D eigenvalue weighted by atomic mass is 9.93. The molecule has 0 saturated carbocycles. The zero-order chi connectivity index (χ0) is 21.4. The number of ether oxygens (including phenoxy) is 2. The number of nitrogens with zero attached hydrogens (tertiary/aromatic N) is 1. The van der Waals surface area contributed by atoms with Gasteiger partial charge in [-0.2, -0.15) is 0 Å². The van der Waals surface area contributed by atoms with Crippen LogP contribution in [0.5, 0.6) is 5.88 Å². The Morgan fingerprint density at radius 1 is 1.28 bits per heavy atom. The minimum Gasteiger partial charge on any atom is -0.478 e. The molecular formula is C21H26ClNO6. The van der Waals surface area contributed by atoms with E-state index < -0.39 is 30.7 Å². The van der Waals surface area contributed by atoms with E-state index in [-0.39, 0.29) is 6.42 Å². The Kier molecular flexibility index (Phi) is 9.00. The van der Waals surface area contributed by atoms with Gasteiger partial charge in [-0.3, -0.25) is 4.79 Å². The summed E-state index contributed by atoms with van der Waals surface area (Å²) in [5, 5.41) is 26.9. The van der Waals surface area contributed by atoms with E-state index in [2.05, 4.69) is 4.98 Å². The Labute approximate surface area is 174 Å². The van der Waals surface area contributed by atoms with Gasteiger partial charge in [0, 0.05) is 37.2 Å². The number of Topliss-reactive ketones (excluding diaryl/α,β-unsaturated/α-hetero) is 1. The molecule has 158 valence electrons. The van der Waals surface area contributed by atoms with Crippen LogP contribution in [-0.4, -0.2) is 58.6 Å². The second kappa shape index (κ2) is 11.2. The van der Waals surface area contributed by atoms with Crippen LogP contribution in [0.3, 0.4) is 0 Å². The summed E-state index contributed by atoms with van der Waals surface area (Å²) in [6.45, 7) is 2.01. The highest BCUT2D eigenvalue weighted by molar-refractivity contribution is 6.31. The molecule has 2 heterocycles. The molecule has 0 amide bonds. The lowest BCUT2D eigenvalue weighted by Gasteiger charge is -2.31. The maximum Gasteiger partial charge on any atom is 0.213 e. The number of hydrogen-bond acceptors (Lipinski definition) is 7. The van der Waals surface area contributed by atoms with Crippen LogP contribution in [0.4, 0.5) is 0 Å². The molecule has 7 nitrogen and oxygen atoms in total. The third kappa shape index (κ3) is 5.98. The van der Waals surface area contributed by atoms with Crippen molar-refractivity contribution < 1.29 is 29.6 Å². The Morgan fingerprint density at radius 2 is 2.03 bits per heavy atom. The van der Waals surface area contributed by atoms with Crippen molar-refractivity contribution in [2.45, 2.75) is 38.1 Å². The van der Waals surface area contributed by atoms with Crippen molar-refractivity contribution >= 4 is 17.4 Å². The average Bonchev–Trinajstić information content (AvgIpc) is 2.74. The summed E-state index contributed by atoms with van der Waals surface area (Å²) in [6, 6.07) is 9.23. The minimum atomic E-state index is -1.14. The van der Waals surface area contributed by atoms with E-state index in [9.17, 15) is 15.0 Å². The van der Waals surface area contributed by atoms with Gasteiger partial charge in [-0.1, -0.05) is 29.8 Å². The summed E-state index contributed by atoms with van der Waals surface area (Å²) >= 11 is 6.34. The number of halogens is 1. The Hall–Kier alpha value is -2.03. The summed E-state index contributed by atoms with van der Waals surface area (Å²) in [5.41, 5.74) is 2.67. The lowest BCUT2D eigenvalue weighted by molar-refractivity contribution is -0.161. The monoisotopic (exact) mass is 423 g/mol. The predicted octanol–water partition coefficient (Wildman–Crippen LogP) is 2.09. The first-order valence-electron chi connectivity index (χ1n) is 9.30. The smallest absolute Gasteiger partial charge is 0.213 e. The molecule has 3 rings (SSSR count). The molecule has 1 aromatic carbocycles. The van der Waals surface area contributed by atoms with Crippen LogP contribution in [0.2, 0.25) is 5.02 Å². The van der Waals surface area contributed by atoms with Crippen LogP contribution in [0.1, 0.15) is 36.1 Å². The second-order valence-electron chi connectivity index (χ2n) is 6.42. The largest absolute Gasteiger partial charge is 0.478 e. The van der Waals surface area contributed by atoms with E-state index in [1.807, 2.05) is 31.2 Å². The third-order valence-corrected chi connectivity index (χ3v) is 4.87. The van der Waals surface area contributed by atoms with Gasteiger partial charge in [-0.25, -0.2) is 4.98 Å². The quantitative estimate of drug-likeness (QED) is 0.652. The van der Waals surface area contributed by atoms with Crippen molar-refractivity contribution in [3.8, 4) is 5.88 Å². The zero-order valence-corrected chi connectivity index (χ0v) is 17.2. The van der Waals surface area contributed by atoms with Gasteiger partial charge in [0.05, 0.1) is 19.3 Å². The van der Waals surface area contributed by atoms with Gasteiger partial charge in [0.25, 0.3) is 0 Å². The molecule has 1 aliphatic rings. The first-order valence-corrected chi connectivity index (χ1v) is 9.68. The van der Waals surface area contributed by atoms with E-state index in [4.69, 9.17) is 26.2 Å². The number of pyridine rings is 1. The number of aliphatic hydroxyl groups is 3. The van der Waals surface area contributed by atoms with Gasteiger partial charge in [0.1, 0.15) is 12.2 Å². The Bertz CT molecular complexity index is 798. The third-order valence-electron chi connectivity index (χ3n) is 4.50. The van der Waals surface area contributed by atoms with Gasteiger partial charge in [-0.05, 0) is 29.7 Å². The highest BCUT2D eigenvalue weighted by atomic mass is 35.5. The Morgan fingerprint density at radius 3 is 2.66 bits per heavy atom. The molecule has 0 radical (unpaired) electrons. The predicted molar refractivity (Wildman–Crippen MR) is 108 cm³/mol. The number of benzene rings is 1. The SMILES string of the molecule is CCOc1ccc(Cc2cc(C3CC(O)C(=O)C(CO)O3)ccc2Cl)cn1.CO. The normalized spacial score (nSPS) is 21.3. The van der Waals surface area contributed by atoms with E-state index in [1.54, 1.807) is 12.3 Å². The Balaban J connectivity index is 0.00000145. The van der Waals surface area contributed by atoms with Gasteiger partial charge >= 0.3 is 0 Å². The zero-order valence-electron chi connectivity index (χ0n) is 16.4. The summed E-state index contributed by atoms with van der Waals surface area (Å²) in [7, 11) is 1.00. The number of carbonyl (C=O) groups is 1. The first kappa shape index (κ1) is 23.3. The highest BCUT2D eigenvalue weighted by Gasteiger charge is 2.36. The van der Waals surface area contributed by atoms with Gasteiger partial charge in [0.15, 0.2) is 5.78 Å². The molecular weight excluding hydrogens is 398 g/mol. The summed E-state index contributed by atoms with van der Waals surface area (Å²) in [5.74, 6) is 0.0915. The summed E-state index contributed by atoms with van der Waals surface area (Å²) in [4.78, 5) is 16.1. The molecule has 3 unspecified atom stereocenters. The van der Waals surface area contributed by atoms with Crippen molar-refractivity contribution in [2.24, 2.45) is 0 Å². The van der Waals surface area contributed by atoms with Crippen LogP contribution in [0, 0.1) is 0 Å². The number of aliphatic hydroxyl groups excluding tert-OH is 3. The lowest BCUT2D eigenvalue weighted by Crippen LogP contribution is -2.43.